The van der Waals surface area contributed by atoms with Crippen molar-refractivity contribution in [2.24, 2.45) is 0 Å². The van der Waals surface area contributed by atoms with Crippen LogP contribution in [0.25, 0.3) is 11.9 Å². The van der Waals surface area contributed by atoms with E-state index < -0.39 is 0 Å². The summed E-state index contributed by atoms with van der Waals surface area (Å²) >= 11 is 0. The average molecular weight is 430 g/mol. The van der Waals surface area contributed by atoms with Crippen molar-refractivity contribution >= 4 is 6.03 Å². The number of fused-ring (bicyclic) bond motifs is 2. The fourth-order valence-corrected chi connectivity index (χ4v) is 4.06. The fraction of sp³-hybridized carbons (Fsp3) is 0.316. The van der Waals surface area contributed by atoms with E-state index in [9.17, 15) is 4.79 Å². The van der Waals surface area contributed by atoms with Crippen molar-refractivity contribution in [1.29, 1.82) is 0 Å². The second-order valence-corrected chi connectivity index (χ2v) is 7.51. The van der Waals surface area contributed by atoms with Gasteiger partial charge in [0, 0.05) is 50.7 Å². The van der Waals surface area contributed by atoms with Gasteiger partial charge in [-0.1, -0.05) is 10.4 Å². The van der Waals surface area contributed by atoms with Gasteiger partial charge in [-0.2, -0.15) is 9.36 Å². The van der Waals surface area contributed by atoms with E-state index >= 15 is 0 Å². The van der Waals surface area contributed by atoms with E-state index in [0.29, 0.717) is 50.9 Å². The highest BCUT2D eigenvalue weighted by Gasteiger charge is 2.32. The molecule has 0 aromatic carbocycles. The molecule has 0 spiro atoms. The highest BCUT2D eigenvalue weighted by molar-refractivity contribution is 5.75. The molecule has 2 aliphatic rings. The van der Waals surface area contributed by atoms with Crippen molar-refractivity contribution in [2.75, 3.05) is 13.1 Å². The van der Waals surface area contributed by atoms with E-state index in [1.165, 1.54) is 0 Å². The predicted molar refractivity (Wildman–Crippen MR) is 108 cm³/mol. The molecule has 0 saturated heterocycles. The first-order valence-corrected chi connectivity index (χ1v) is 10.2. The molecule has 160 valence electrons. The summed E-state index contributed by atoms with van der Waals surface area (Å²) in [6, 6.07) is 3.46. The van der Waals surface area contributed by atoms with Crippen LogP contribution in [0.2, 0.25) is 0 Å². The summed E-state index contributed by atoms with van der Waals surface area (Å²) in [5.74, 6) is 0.963. The summed E-state index contributed by atoms with van der Waals surface area (Å²) in [5, 5.41) is 16.9. The number of carbonyl (C=O) groups excluding carboxylic acids is 1. The smallest absolute Gasteiger partial charge is 0.318 e. The zero-order chi connectivity index (χ0) is 21.5. The van der Waals surface area contributed by atoms with Gasteiger partial charge in [-0.15, -0.1) is 10.2 Å². The minimum atomic E-state index is -0.0441. The number of hydrogen-bond acceptors (Lipinski definition) is 9. The van der Waals surface area contributed by atoms with Gasteiger partial charge in [-0.3, -0.25) is 0 Å². The molecule has 2 amide bonds. The molecule has 13 nitrogen and oxygen atoms in total. The van der Waals surface area contributed by atoms with Crippen molar-refractivity contribution in [1.82, 2.24) is 59.7 Å². The van der Waals surface area contributed by atoms with Gasteiger partial charge in [0.1, 0.15) is 11.4 Å². The molecule has 0 unspecified atom stereocenters. The Morgan fingerprint density at radius 1 is 0.688 bits per heavy atom. The van der Waals surface area contributed by atoms with Crippen LogP contribution in [0.4, 0.5) is 4.79 Å². The SMILES string of the molecule is O=C(N1CCc2c(nnn2-c2ncccn2)C1)N1CCc2c(nnn2-c2ncccn2)C1. The molecular formula is C19H18N12O. The first kappa shape index (κ1) is 18.5. The van der Waals surface area contributed by atoms with Gasteiger partial charge in [0.15, 0.2) is 0 Å². The minimum Gasteiger partial charge on any atom is -0.318 e. The molecule has 2 aliphatic heterocycles. The van der Waals surface area contributed by atoms with Crippen molar-refractivity contribution in [3.05, 3.63) is 59.7 Å². The van der Waals surface area contributed by atoms with Crippen molar-refractivity contribution in [3.8, 4) is 11.9 Å². The number of nitrogens with zero attached hydrogens (tertiary/aromatic N) is 12. The first-order valence-electron chi connectivity index (χ1n) is 10.2. The van der Waals surface area contributed by atoms with Crippen LogP contribution in [0.5, 0.6) is 0 Å². The Balaban J connectivity index is 1.18. The minimum absolute atomic E-state index is 0.0441. The van der Waals surface area contributed by atoms with Crippen molar-refractivity contribution < 1.29 is 4.79 Å². The first-order chi connectivity index (χ1) is 15.8. The predicted octanol–water partition coefficient (Wildman–Crippen LogP) is -0.0356. The lowest BCUT2D eigenvalue weighted by atomic mass is 10.1. The molecule has 4 aromatic heterocycles. The second kappa shape index (κ2) is 7.44. The molecule has 0 bridgehead atoms. The van der Waals surface area contributed by atoms with Crippen molar-refractivity contribution in [3.63, 3.8) is 0 Å². The van der Waals surface area contributed by atoms with Gasteiger partial charge in [-0.05, 0) is 12.1 Å². The van der Waals surface area contributed by atoms with Gasteiger partial charge in [-0.25, -0.2) is 24.7 Å². The summed E-state index contributed by atoms with van der Waals surface area (Å²) in [6.45, 7) is 1.93. The van der Waals surface area contributed by atoms with Gasteiger partial charge < -0.3 is 9.80 Å². The number of aromatic nitrogens is 10. The van der Waals surface area contributed by atoms with E-state index in [2.05, 4.69) is 40.6 Å². The third kappa shape index (κ3) is 3.05. The Kier molecular flexibility index (Phi) is 4.30. The van der Waals surface area contributed by atoms with Gasteiger partial charge >= 0.3 is 6.03 Å². The zero-order valence-electron chi connectivity index (χ0n) is 17.0. The highest BCUT2D eigenvalue weighted by atomic mass is 16.2. The molecule has 32 heavy (non-hydrogen) atoms. The van der Waals surface area contributed by atoms with E-state index in [0.717, 1.165) is 22.8 Å². The van der Waals surface area contributed by atoms with E-state index in [1.54, 1.807) is 56.1 Å². The summed E-state index contributed by atoms with van der Waals surface area (Å²) in [6.07, 6.45) is 7.93. The topological polar surface area (TPSA) is 137 Å². The Bertz CT molecular complexity index is 1170. The van der Waals surface area contributed by atoms with Gasteiger partial charge in [0.2, 0.25) is 0 Å². The zero-order valence-corrected chi connectivity index (χ0v) is 17.0. The summed E-state index contributed by atoms with van der Waals surface area (Å²) < 4.78 is 3.29. The molecule has 13 heteroatoms. The van der Waals surface area contributed by atoms with Crippen LogP contribution in [-0.4, -0.2) is 78.8 Å². The quantitative estimate of drug-likeness (QED) is 0.429. The maximum absolute atomic E-state index is 13.2. The summed E-state index contributed by atoms with van der Waals surface area (Å²) in [5.41, 5.74) is 3.41. The normalized spacial score (nSPS) is 15.4. The molecule has 4 aromatic rings. The number of hydrogen-bond donors (Lipinski definition) is 0. The van der Waals surface area contributed by atoms with E-state index in [4.69, 9.17) is 0 Å². The lowest BCUT2D eigenvalue weighted by Gasteiger charge is -2.34. The van der Waals surface area contributed by atoms with Crippen LogP contribution in [0.3, 0.4) is 0 Å². The van der Waals surface area contributed by atoms with Crippen LogP contribution >= 0.6 is 0 Å². The molecule has 0 radical (unpaired) electrons. The lowest BCUT2D eigenvalue weighted by Crippen LogP contribution is -2.47. The van der Waals surface area contributed by atoms with E-state index in [-0.39, 0.29) is 6.03 Å². The van der Waals surface area contributed by atoms with Crippen molar-refractivity contribution in [2.45, 2.75) is 25.9 Å². The maximum atomic E-state index is 13.2. The molecular weight excluding hydrogens is 412 g/mol. The van der Waals surface area contributed by atoms with Crippen LogP contribution in [0.1, 0.15) is 22.8 Å². The van der Waals surface area contributed by atoms with Crippen LogP contribution < -0.4 is 0 Å². The molecule has 0 saturated carbocycles. The molecule has 0 atom stereocenters. The van der Waals surface area contributed by atoms with Gasteiger partial charge in [0.05, 0.1) is 24.5 Å². The third-order valence-corrected chi connectivity index (χ3v) is 5.63. The number of carbonyl (C=O) groups is 1. The highest BCUT2D eigenvalue weighted by Crippen LogP contribution is 2.23. The molecule has 0 N–H and O–H groups in total. The Morgan fingerprint density at radius 2 is 1.12 bits per heavy atom. The van der Waals surface area contributed by atoms with Crippen LogP contribution in [0.15, 0.2) is 36.9 Å². The van der Waals surface area contributed by atoms with Crippen LogP contribution in [0, 0.1) is 0 Å². The molecule has 6 heterocycles. The number of urea groups is 1. The third-order valence-electron chi connectivity index (χ3n) is 5.63. The monoisotopic (exact) mass is 430 g/mol. The van der Waals surface area contributed by atoms with Gasteiger partial charge in [0.25, 0.3) is 11.9 Å². The largest absolute Gasteiger partial charge is 0.320 e. The number of rotatable bonds is 2. The summed E-state index contributed by atoms with van der Waals surface area (Å²) in [4.78, 5) is 33.8. The lowest BCUT2D eigenvalue weighted by molar-refractivity contribution is 0.141. The van der Waals surface area contributed by atoms with E-state index in [1.807, 2.05) is 0 Å². The molecule has 0 aliphatic carbocycles. The molecule has 6 rings (SSSR count). The Morgan fingerprint density at radius 3 is 1.56 bits per heavy atom. The standard InChI is InChI=1S/C19H18N12O/c32-19(28-9-3-15-13(11-28)24-26-30(15)17-20-5-1-6-21-17)29-10-4-16-14(12-29)25-27-31(16)18-22-7-2-8-23-18/h1-2,5-8H,3-4,9-12H2. The fourth-order valence-electron chi connectivity index (χ4n) is 4.06. The maximum Gasteiger partial charge on any atom is 0.320 e. The number of amides is 2. The Labute approximate surface area is 181 Å². The average Bonchev–Trinajstić information content (AvgIpc) is 3.48. The molecule has 0 fully saturated rings. The Hall–Kier alpha value is -4.29. The second-order valence-electron chi connectivity index (χ2n) is 7.51. The van der Waals surface area contributed by atoms with Crippen LogP contribution in [-0.2, 0) is 25.9 Å². The summed E-state index contributed by atoms with van der Waals surface area (Å²) in [7, 11) is 0.